The Bertz CT molecular complexity index is 631. The first-order chi connectivity index (χ1) is 10.7. The van der Waals surface area contributed by atoms with Crippen LogP contribution in [0.5, 0.6) is 0 Å². The minimum Gasteiger partial charge on any atom is -0.377 e. The second-order valence-corrected chi connectivity index (χ2v) is 7.26. The molecular weight excluding hydrogens is 443 g/mol. The molecule has 7 nitrogen and oxygen atoms in total. The number of nitrogens with two attached hydrogens (primary N) is 1. The van der Waals surface area contributed by atoms with Gasteiger partial charge in [-0.15, -0.1) is 24.0 Å². The van der Waals surface area contributed by atoms with Gasteiger partial charge in [0, 0.05) is 20.2 Å². The van der Waals surface area contributed by atoms with Gasteiger partial charge in [-0.25, -0.2) is 18.5 Å². The van der Waals surface area contributed by atoms with Crippen LogP contribution in [-0.2, 0) is 21.3 Å². The SMILES string of the molecule is CCNC(=NCc1ccc(S(N)(=O)=O)cc1)NCC(C)(C)OC.I. The van der Waals surface area contributed by atoms with Gasteiger partial charge in [0.2, 0.25) is 10.0 Å². The molecular formula is C15H27IN4O3S. The Morgan fingerprint density at radius 1 is 1.25 bits per heavy atom. The number of nitrogens with one attached hydrogen (secondary N) is 2. The smallest absolute Gasteiger partial charge is 0.238 e. The van der Waals surface area contributed by atoms with Crippen LogP contribution in [0.4, 0.5) is 0 Å². The van der Waals surface area contributed by atoms with Crippen LogP contribution >= 0.6 is 24.0 Å². The predicted molar refractivity (Wildman–Crippen MR) is 107 cm³/mol. The molecule has 4 N–H and O–H groups in total. The summed E-state index contributed by atoms with van der Waals surface area (Å²) >= 11 is 0. The summed E-state index contributed by atoms with van der Waals surface area (Å²) in [6.07, 6.45) is 0. The molecule has 9 heteroatoms. The van der Waals surface area contributed by atoms with Gasteiger partial charge >= 0.3 is 0 Å². The molecule has 0 bridgehead atoms. The van der Waals surface area contributed by atoms with Gasteiger partial charge in [0.05, 0.1) is 17.0 Å². The average Bonchev–Trinajstić information content (AvgIpc) is 2.49. The molecule has 0 saturated carbocycles. The minimum atomic E-state index is -3.66. The van der Waals surface area contributed by atoms with E-state index in [1.807, 2.05) is 20.8 Å². The summed E-state index contributed by atoms with van der Waals surface area (Å²) in [7, 11) is -2.00. The number of nitrogens with zero attached hydrogens (tertiary/aromatic N) is 1. The number of rotatable bonds is 7. The molecule has 0 atom stereocenters. The number of methoxy groups -OCH3 is 1. The van der Waals surface area contributed by atoms with Crippen LogP contribution < -0.4 is 15.8 Å². The molecule has 0 aliphatic heterocycles. The zero-order chi connectivity index (χ0) is 17.5. The predicted octanol–water partition coefficient (Wildman–Crippen LogP) is 1.43. The van der Waals surface area contributed by atoms with Crippen molar-refractivity contribution in [2.75, 3.05) is 20.2 Å². The van der Waals surface area contributed by atoms with Gasteiger partial charge in [-0.2, -0.15) is 0 Å². The molecule has 138 valence electrons. The fourth-order valence-electron chi connectivity index (χ4n) is 1.67. The maximum absolute atomic E-state index is 11.2. The molecule has 1 aromatic carbocycles. The van der Waals surface area contributed by atoms with Crippen molar-refractivity contribution in [2.45, 2.75) is 37.8 Å². The van der Waals surface area contributed by atoms with Crippen molar-refractivity contribution in [2.24, 2.45) is 10.1 Å². The largest absolute Gasteiger partial charge is 0.377 e. The van der Waals surface area contributed by atoms with Crippen LogP contribution in [0, 0.1) is 0 Å². The first-order valence-corrected chi connectivity index (χ1v) is 8.91. The van der Waals surface area contributed by atoms with Gasteiger partial charge in [0.1, 0.15) is 0 Å². The number of hydrogen-bond donors (Lipinski definition) is 3. The topological polar surface area (TPSA) is 106 Å². The molecule has 0 aliphatic rings. The van der Waals surface area contributed by atoms with Crippen molar-refractivity contribution in [1.29, 1.82) is 0 Å². The molecule has 0 aromatic heterocycles. The molecule has 0 amide bonds. The van der Waals surface area contributed by atoms with Crippen LogP contribution in [0.2, 0.25) is 0 Å². The Morgan fingerprint density at radius 2 is 1.83 bits per heavy atom. The number of guanidine groups is 1. The van der Waals surface area contributed by atoms with Gasteiger partial charge in [0.15, 0.2) is 5.96 Å². The van der Waals surface area contributed by atoms with E-state index < -0.39 is 10.0 Å². The molecule has 24 heavy (non-hydrogen) atoms. The molecule has 0 heterocycles. The van der Waals surface area contributed by atoms with E-state index in [2.05, 4.69) is 15.6 Å². The first kappa shape index (κ1) is 23.1. The Hall–Kier alpha value is -0.910. The lowest BCUT2D eigenvalue weighted by Gasteiger charge is -2.24. The van der Waals surface area contributed by atoms with E-state index in [9.17, 15) is 8.42 Å². The van der Waals surface area contributed by atoms with Gasteiger partial charge in [-0.1, -0.05) is 12.1 Å². The summed E-state index contributed by atoms with van der Waals surface area (Å²) in [5, 5.41) is 11.4. The third-order valence-electron chi connectivity index (χ3n) is 3.25. The Labute approximate surface area is 161 Å². The second kappa shape index (κ2) is 10.2. The Balaban J connectivity index is 0.00000529. The van der Waals surface area contributed by atoms with E-state index in [0.717, 1.165) is 12.1 Å². The third-order valence-corrected chi connectivity index (χ3v) is 4.18. The van der Waals surface area contributed by atoms with Crippen LogP contribution in [0.1, 0.15) is 26.3 Å². The van der Waals surface area contributed by atoms with E-state index >= 15 is 0 Å². The zero-order valence-corrected chi connectivity index (χ0v) is 17.6. The van der Waals surface area contributed by atoms with E-state index in [4.69, 9.17) is 9.88 Å². The summed E-state index contributed by atoms with van der Waals surface area (Å²) in [6, 6.07) is 6.36. The van der Waals surface area contributed by atoms with Crippen molar-refractivity contribution < 1.29 is 13.2 Å². The Morgan fingerprint density at radius 3 is 2.29 bits per heavy atom. The maximum Gasteiger partial charge on any atom is 0.238 e. The molecule has 0 spiro atoms. The van der Waals surface area contributed by atoms with E-state index in [0.29, 0.717) is 19.0 Å². The molecule has 0 fully saturated rings. The maximum atomic E-state index is 11.2. The monoisotopic (exact) mass is 470 g/mol. The van der Waals surface area contributed by atoms with Crippen LogP contribution in [0.25, 0.3) is 0 Å². The van der Waals surface area contributed by atoms with Gasteiger partial charge in [0.25, 0.3) is 0 Å². The fourth-order valence-corrected chi connectivity index (χ4v) is 2.18. The van der Waals surface area contributed by atoms with Crippen LogP contribution in [-0.4, -0.2) is 40.2 Å². The normalized spacial score (nSPS) is 12.5. The van der Waals surface area contributed by atoms with Crippen molar-refractivity contribution in [3.63, 3.8) is 0 Å². The van der Waals surface area contributed by atoms with Crippen molar-refractivity contribution >= 4 is 40.0 Å². The van der Waals surface area contributed by atoms with E-state index in [-0.39, 0.29) is 34.5 Å². The lowest BCUT2D eigenvalue weighted by atomic mass is 10.1. The quantitative estimate of drug-likeness (QED) is 0.318. The van der Waals surface area contributed by atoms with Crippen LogP contribution in [0.15, 0.2) is 34.2 Å². The first-order valence-electron chi connectivity index (χ1n) is 7.37. The molecule has 0 radical (unpaired) electrons. The fraction of sp³-hybridized carbons (Fsp3) is 0.533. The van der Waals surface area contributed by atoms with Crippen molar-refractivity contribution in [1.82, 2.24) is 10.6 Å². The lowest BCUT2D eigenvalue weighted by molar-refractivity contribution is 0.0268. The highest BCUT2D eigenvalue weighted by Crippen LogP contribution is 2.09. The number of benzene rings is 1. The molecule has 0 aliphatic carbocycles. The lowest BCUT2D eigenvalue weighted by Crippen LogP contribution is -2.45. The second-order valence-electron chi connectivity index (χ2n) is 5.70. The van der Waals surface area contributed by atoms with E-state index in [1.54, 1.807) is 19.2 Å². The van der Waals surface area contributed by atoms with Crippen LogP contribution in [0.3, 0.4) is 0 Å². The molecule has 1 rings (SSSR count). The number of halogens is 1. The number of hydrogen-bond acceptors (Lipinski definition) is 4. The van der Waals surface area contributed by atoms with E-state index in [1.165, 1.54) is 12.1 Å². The Kier molecular flexibility index (Phi) is 9.78. The van der Waals surface area contributed by atoms with Gasteiger partial charge < -0.3 is 15.4 Å². The highest BCUT2D eigenvalue weighted by Gasteiger charge is 2.16. The highest BCUT2D eigenvalue weighted by atomic mass is 127. The molecule has 0 unspecified atom stereocenters. The average molecular weight is 470 g/mol. The standard InChI is InChI=1S/C15H26N4O3S.HI/c1-5-17-14(19-11-15(2,3)22-4)18-10-12-6-8-13(9-7-12)23(16,20)21;/h6-9H,5,10-11H2,1-4H3,(H2,16,20,21)(H2,17,18,19);1H. The van der Waals surface area contributed by atoms with Crippen molar-refractivity contribution in [3.8, 4) is 0 Å². The molecule has 1 aromatic rings. The van der Waals surface area contributed by atoms with Gasteiger partial charge in [-0.05, 0) is 38.5 Å². The summed E-state index contributed by atoms with van der Waals surface area (Å²) in [5.74, 6) is 0.674. The minimum absolute atomic E-state index is 0. The number of ether oxygens (including phenoxy) is 1. The summed E-state index contributed by atoms with van der Waals surface area (Å²) < 4.78 is 27.8. The van der Waals surface area contributed by atoms with Gasteiger partial charge in [-0.3, -0.25) is 0 Å². The third kappa shape index (κ3) is 8.27. The van der Waals surface area contributed by atoms with Crippen molar-refractivity contribution in [3.05, 3.63) is 29.8 Å². The summed E-state index contributed by atoms with van der Waals surface area (Å²) in [5.41, 5.74) is 0.591. The summed E-state index contributed by atoms with van der Waals surface area (Å²) in [6.45, 7) is 7.72. The molecule has 0 saturated heterocycles. The number of primary sulfonamides is 1. The number of aliphatic imine (C=N–C) groups is 1. The number of sulfonamides is 1. The summed E-state index contributed by atoms with van der Waals surface area (Å²) in [4.78, 5) is 4.57. The highest BCUT2D eigenvalue weighted by molar-refractivity contribution is 14.0. The zero-order valence-electron chi connectivity index (χ0n) is 14.5.